The number of carbonyl (C=O) groups excluding carboxylic acids is 1. The minimum absolute atomic E-state index is 0.100. The largest absolute Gasteiger partial charge is 0.343 e. The number of benzene rings is 3. The monoisotopic (exact) mass is 444 g/mol. The smallest absolute Gasteiger partial charge is 0.287 e. The van der Waals surface area contributed by atoms with E-state index < -0.39 is 16.1 Å². The molecule has 0 radical (unpaired) electrons. The standard InChI is InChI=1S/C21H17ClN2O3S2/c1-28-18-6-4-5-17(13-18)24-21(25)23(14-15-9-11-16(22)12-10-15)19-7-2-3-8-20(19)29(24,26)27/h2-13H,14H2,1H3. The number of halogens is 1. The fourth-order valence-electron chi connectivity index (χ4n) is 3.22. The summed E-state index contributed by atoms with van der Waals surface area (Å²) in [5.41, 5.74) is 1.52. The lowest BCUT2D eigenvalue weighted by molar-refractivity contribution is 0.253. The van der Waals surface area contributed by atoms with Crippen LogP contribution >= 0.6 is 23.4 Å². The molecule has 0 aliphatic carbocycles. The second-order valence-corrected chi connectivity index (χ2v) is 9.51. The Labute approximate surface area is 179 Å². The van der Waals surface area contributed by atoms with Gasteiger partial charge in [0.1, 0.15) is 4.90 Å². The van der Waals surface area contributed by atoms with Gasteiger partial charge in [0, 0.05) is 9.92 Å². The third-order valence-corrected chi connectivity index (χ3v) is 7.35. The average Bonchev–Trinajstić information content (AvgIpc) is 2.72. The van der Waals surface area contributed by atoms with Crippen LogP contribution in [0, 0.1) is 0 Å². The Bertz CT molecular complexity index is 1180. The average molecular weight is 445 g/mol. The van der Waals surface area contributed by atoms with E-state index in [-0.39, 0.29) is 11.4 Å². The fourth-order valence-corrected chi connectivity index (χ4v) is 5.39. The number of urea groups is 1. The molecule has 1 aliphatic rings. The van der Waals surface area contributed by atoms with Crippen molar-refractivity contribution in [1.82, 2.24) is 0 Å². The maximum atomic E-state index is 13.4. The Balaban J connectivity index is 1.85. The summed E-state index contributed by atoms with van der Waals surface area (Å²) >= 11 is 7.44. The van der Waals surface area contributed by atoms with E-state index in [4.69, 9.17) is 11.6 Å². The number of nitrogens with zero attached hydrogens (tertiary/aromatic N) is 2. The highest BCUT2D eigenvalue weighted by atomic mass is 35.5. The summed E-state index contributed by atoms with van der Waals surface area (Å²) in [6, 6.07) is 20.0. The molecule has 148 valence electrons. The van der Waals surface area contributed by atoms with Gasteiger partial charge in [-0.25, -0.2) is 13.2 Å². The zero-order valence-corrected chi connectivity index (χ0v) is 17.8. The summed E-state index contributed by atoms with van der Waals surface area (Å²) in [5.74, 6) is 0. The lowest BCUT2D eigenvalue weighted by Crippen LogP contribution is -2.50. The molecule has 5 nitrogen and oxygen atoms in total. The molecule has 29 heavy (non-hydrogen) atoms. The van der Waals surface area contributed by atoms with Crippen LogP contribution in [0.15, 0.2) is 82.6 Å². The fraction of sp³-hybridized carbons (Fsp3) is 0.0952. The number of thioether (sulfide) groups is 1. The van der Waals surface area contributed by atoms with Crippen molar-refractivity contribution in [1.29, 1.82) is 0 Å². The third kappa shape index (κ3) is 3.61. The number of sulfonamides is 1. The van der Waals surface area contributed by atoms with Crippen LogP contribution in [0.2, 0.25) is 5.02 Å². The molecule has 0 bridgehead atoms. The predicted molar refractivity (Wildman–Crippen MR) is 117 cm³/mol. The first-order valence-electron chi connectivity index (χ1n) is 8.76. The molecular formula is C21H17ClN2O3S2. The van der Waals surface area contributed by atoms with Crippen molar-refractivity contribution >= 4 is 50.8 Å². The first-order valence-corrected chi connectivity index (χ1v) is 11.8. The molecular weight excluding hydrogens is 428 g/mol. The van der Waals surface area contributed by atoms with Gasteiger partial charge in [0.2, 0.25) is 0 Å². The van der Waals surface area contributed by atoms with Crippen LogP contribution in [-0.4, -0.2) is 20.7 Å². The van der Waals surface area contributed by atoms with Crippen LogP contribution in [0.3, 0.4) is 0 Å². The van der Waals surface area contributed by atoms with Crippen LogP contribution in [0.1, 0.15) is 5.56 Å². The molecule has 8 heteroatoms. The van der Waals surface area contributed by atoms with Gasteiger partial charge in [0.15, 0.2) is 0 Å². The van der Waals surface area contributed by atoms with Crippen LogP contribution in [0.5, 0.6) is 0 Å². The van der Waals surface area contributed by atoms with E-state index in [1.807, 2.05) is 24.5 Å². The predicted octanol–water partition coefficient (Wildman–Crippen LogP) is 5.40. The maximum Gasteiger partial charge on any atom is 0.343 e. The lowest BCUT2D eigenvalue weighted by Gasteiger charge is -2.36. The van der Waals surface area contributed by atoms with Gasteiger partial charge >= 0.3 is 6.03 Å². The first kappa shape index (κ1) is 19.8. The first-order chi connectivity index (χ1) is 13.9. The van der Waals surface area contributed by atoms with E-state index in [9.17, 15) is 13.2 Å². The van der Waals surface area contributed by atoms with Gasteiger partial charge < -0.3 is 0 Å². The molecule has 3 aromatic rings. The molecule has 1 aliphatic heterocycles. The maximum absolute atomic E-state index is 13.4. The summed E-state index contributed by atoms with van der Waals surface area (Å²) < 4.78 is 27.5. The van der Waals surface area contributed by atoms with E-state index in [1.165, 1.54) is 22.7 Å². The normalized spacial score (nSPS) is 15.3. The molecule has 0 fully saturated rings. The molecule has 3 aromatic carbocycles. The SMILES string of the molecule is CSc1cccc(N2C(=O)N(Cc3ccc(Cl)cc3)c3ccccc3S2(=O)=O)c1. The van der Waals surface area contributed by atoms with E-state index >= 15 is 0 Å². The third-order valence-electron chi connectivity index (χ3n) is 4.62. The molecule has 0 spiro atoms. The Morgan fingerprint density at radius 3 is 2.41 bits per heavy atom. The van der Waals surface area contributed by atoms with E-state index in [2.05, 4.69) is 0 Å². The summed E-state index contributed by atoms with van der Waals surface area (Å²) in [6.07, 6.45) is 1.90. The van der Waals surface area contributed by atoms with Crippen molar-refractivity contribution in [3.63, 3.8) is 0 Å². The highest BCUT2D eigenvalue weighted by Gasteiger charge is 2.42. The molecule has 0 aromatic heterocycles. The topological polar surface area (TPSA) is 57.7 Å². The number of para-hydroxylation sites is 1. The highest BCUT2D eigenvalue weighted by Crippen LogP contribution is 2.38. The van der Waals surface area contributed by atoms with Gasteiger partial charge in [0.25, 0.3) is 10.0 Å². The Hall–Kier alpha value is -2.48. The van der Waals surface area contributed by atoms with Crippen LogP contribution in [0.25, 0.3) is 0 Å². The number of fused-ring (bicyclic) bond motifs is 1. The molecule has 0 unspecified atom stereocenters. The van der Waals surface area contributed by atoms with Gasteiger partial charge in [-0.15, -0.1) is 11.8 Å². The van der Waals surface area contributed by atoms with Crippen molar-refractivity contribution in [3.8, 4) is 0 Å². The summed E-state index contributed by atoms with van der Waals surface area (Å²) in [4.78, 5) is 15.9. The number of carbonyl (C=O) groups is 1. The van der Waals surface area contributed by atoms with Gasteiger partial charge in [-0.1, -0.05) is 41.9 Å². The molecule has 2 amide bonds. The van der Waals surface area contributed by atoms with Gasteiger partial charge in [-0.3, -0.25) is 4.90 Å². The zero-order chi connectivity index (χ0) is 20.6. The van der Waals surface area contributed by atoms with E-state index in [1.54, 1.807) is 48.5 Å². The van der Waals surface area contributed by atoms with Crippen molar-refractivity contribution < 1.29 is 13.2 Å². The minimum Gasteiger partial charge on any atom is -0.287 e. The Morgan fingerprint density at radius 2 is 1.69 bits per heavy atom. The second-order valence-electron chi connectivity index (χ2n) is 6.43. The lowest BCUT2D eigenvalue weighted by atomic mass is 10.2. The quantitative estimate of drug-likeness (QED) is 0.506. The number of amides is 2. The minimum atomic E-state index is -4.03. The Morgan fingerprint density at radius 1 is 0.966 bits per heavy atom. The number of anilines is 2. The van der Waals surface area contributed by atoms with Crippen LogP contribution in [0.4, 0.5) is 16.2 Å². The van der Waals surface area contributed by atoms with Gasteiger partial charge in [0.05, 0.1) is 17.9 Å². The molecule has 0 N–H and O–H groups in total. The Kier molecular flexibility index (Phi) is 5.29. The molecule has 0 saturated carbocycles. The van der Waals surface area contributed by atoms with Crippen LogP contribution in [-0.2, 0) is 16.6 Å². The molecule has 0 saturated heterocycles. The summed E-state index contributed by atoms with van der Waals surface area (Å²) in [7, 11) is -4.03. The zero-order valence-electron chi connectivity index (χ0n) is 15.4. The van der Waals surface area contributed by atoms with E-state index in [0.29, 0.717) is 16.4 Å². The van der Waals surface area contributed by atoms with Crippen molar-refractivity contribution in [2.45, 2.75) is 16.3 Å². The van der Waals surface area contributed by atoms with E-state index in [0.717, 1.165) is 14.8 Å². The number of hydrogen-bond acceptors (Lipinski definition) is 4. The highest BCUT2D eigenvalue weighted by molar-refractivity contribution is 7.98. The van der Waals surface area contributed by atoms with Gasteiger partial charge in [-0.05, 0) is 54.3 Å². The number of rotatable bonds is 4. The summed E-state index contributed by atoms with van der Waals surface area (Å²) in [6.45, 7) is 0.223. The second kappa shape index (κ2) is 7.74. The molecule has 0 atom stereocenters. The van der Waals surface area contributed by atoms with Gasteiger partial charge in [-0.2, -0.15) is 4.31 Å². The number of hydrogen-bond donors (Lipinski definition) is 0. The molecule has 4 rings (SSSR count). The van der Waals surface area contributed by atoms with Crippen molar-refractivity contribution in [3.05, 3.63) is 83.4 Å². The van der Waals surface area contributed by atoms with Crippen molar-refractivity contribution in [2.24, 2.45) is 0 Å². The van der Waals surface area contributed by atoms with Crippen molar-refractivity contribution in [2.75, 3.05) is 15.5 Å². The summed E-state index contributed by atoms with van der Waals surface area (Å²) in [5, 5.41) is 0.595. The van der Waals surface area contributed by atoms with Crippen LogP contribution < -0.4 is 9.21 Å². The molecule has 1 heterocycles.